The van der Waals surface area contributed by atoms with E-state index in [1.807, 2.05) is 0 Å². The molecule has 0 bridgehead atoms. The first kappa shape index (κ1) is 11.8. The quantitative estimate of drug-likeness (QED) is 0.751. The van der Waals surface area contributed by atoms with Gasteiger partial charge in [0.15, 0.2) is 0 Å². The van der Waals surface area contributed by atoms with Gasteiger partial charge in [0.25, 0.3) is 5.91 Å². The zero-order valence-electron chi connectivity index (χ0n) is 9.60. The number of hydrogen-bond donors (Lipinski definition) is 3. The van der Waals surface area contributed by atoms with Crippen LogP contribution in [0.1, 0.15) is 17.3 Å². The van der Waals surface area contributed by atoms with Crippen molar-refractivity contribution in [3.8, 4) is 0 Å². The van der Waals surface area contributed by atoms with E-state index in [4.69, 9.17) is 0 Å². The molecule has 2 rings (SSSR count). The lowest BCUT2D eigenvalue weighted by atomic mass is 10.2. The number of aromatic amines is 1. The molecule has 1 heterocycles. The van der Waals surface area contributed by atoms with Gasteiger partial charge in [0.1, 0.15) is 6.33 Å². The Labute approximate surface area is 103 Å². The molecule has 0 saturated heterocycles. The van der Waals surface area contributed by atoms with Crippen LogP contribution in [0.15, 0.2) is 30.6 Å². The van der Waals surface area contributed by atoms with E-state index in [9.17, 15) is 9.59 Å². The van der Waals surface area contributed by atoms with Crippen molar-refractivity contribution in [1.82, 2.24) is 15.2 Å². The summed E-state index contributed by atoms with van der Waals surface area (Å²) < 4.78 is 0. The molecule has 1 aromatic heterocycles. The first-order chi connectivity index (χ1) is 8.65. The summed E-state index contributed by atoms with van der Waals surface area (Å²) >= 11 is 0. The lowest BCUT2D eigenvalue weighted by Crippen LogP contribution is -2.13. The molecule has 2 aromatic rings. The van der Waals surface area contributed by atoms with Crippen LogP contribution >= 0.6 is 0 Å². The summed E-state index contributed by atoms with van der Waals surface area (Å²) in [7, 11) is 0. The maximum absolute atomic E-state index is 11.8. The van der Waals surface area contributed by atoms with E-state index >= 15 is 0 Å². The highest BCUT2D eigenvalue weighted by Gasteiger charge is 2.07. The smallest absolute Gasteiger partial charge is 0.258 e. The first-order valence-electron chi connectivity index (χ1n) is 5.19. The van der Waals surface area contributed by atoms with Crippen molar-refractivity contribution in [1.29, 1.82) is 0 Å². The highest BCUT2D eigenvalue weighted by atomic mass is 16.2. The van der Waals surface area contributed by atoms with Gasteiger partial charge in [0.05, 0.1) is 0 Å². The minimum absolute atomic E-state index is 0.158. The Kier molecular flexibility index (Phi) is 3.33. The third-order valence-electron chi connectivity index (χ3n) is 2.11. The van der Waals surface area contributed by atoms with E-state index in [0.717, 1.165) is 0 Å². The molecule has 0 fully saturated rings. The van der Waals surface area contributed by atoms with Crippen LogP contribution in [0.4, 0.5) is 11.6 Å². The molecular formula is C11H11N5O2. The fourth-order valence-corrected chi connectivity index (χ4v) is 1.35. The number of hydrogen-bond acceptors (Lipinski definition) is 4. The Morgan fingerprint density at radius 1 is 1.17 bits per heavy atom. The summed E-state index contributed by atoms with van der Waals surface area (Å²) in [4.78, 5) is 26.4. The Morgan fingerprint density at radius 3 is 2.44 bits per heavy atom. The molecule has 0 aliphatic heterocycles. The number of amides is 2. The molecule has 0 saturated carbocycles. The molecule has 18 heavy (non-hydrogen) atoms. The van der Waals surface area contributed by atoms with Gasteiger partial charge in [-0.25, -0.2) is 5.10 Å². The predicted octanol–water partition coefficient (Wildman–Crippen LogP) is 1.02. The van der Waals surface area contributed by atoms with Gasteiger partial charge in [-0.2, -0.15) is 10.1 Å². The minimum Gasteiger partial charge on any atom is -0.326 e. The summed E-state index contributed by atoms with van der Waals surface area (Å²) in [6, 6.07) is 6.52. The number of H-pyrrole nitrogens is 1. The lowest BCUT2D eigenvalue weighted by molar-refractivity contribution is -0.114. The van der Waals surface area contributed by atoms with Crippen LogP contribution < -0.4 is 10.6 Å². The molecule has 2 amide bonds. The van der Waals surface area contributed by atoms with Crippen molar-refractivity contribution < 1.29 is 9.59 Å². The number of benzene rings is 1. The van der Waals surface area contributed by atoms with E-state index in [0.29, 0.717) is 11.3 Å². The normalized spacial score (nSPS) is 9.83. The van der Waals surface area contributed by atoms with Crippen LogP contribution in [-0.4, -0.2) is 27.0 Å². The van der Waals surface area contributed by atoms with E-state index < -0.39 is 0 Å². The number of anilines is 2. The molecule has 0 spiro atoms. The fraction of sp³-hybridized carbons (Fsp3) is 0.0909. The van der Waals surface area contributed by atoms with Crippen molar-refractivity contribution in [3.63, 3.8) is 0 Å². The third kappa shape index (κ3) is 2.91. The highest BCUT2D eigenvalue weighted by Crippen LogP contribution is 2.10. The SMILES string of the molecule is CC(=O)Nc1ccc(C(=O)Nc2ncn[nH]2)cc1. The van der Waals surface area contributed by atoms with Gasteiger partial charge in [-0.15, -0.1) is 0 Å². The first-order valence-corrected chi connectivity index (χ1v) is 5.19. The zero-order valence-corrected chi connectivity index (χ0v) is 9.60. The number of aromatic nitrogens is 3. The summed E-state index contributed by atoms with van der Waals surface area (Å²) in [6.45, 7) is 1.42. The van der Waals surface area contributed by atoms with Gasteiger partial charge in [-0.05, 0) is 24.3 Å². The third-order valence-corrected chi connectivity index (χ3v) is 2.11. The number of carbonyl (C=O) groups is 2. The summed E-state index contributed by atoms with van der Waals surface area (Å²) in [5.74, 6) is -0.180. The second kappa shape index (κ2) is 5.09. The maximum Gasteiger partial charge on any atom is 0.258 e. The molecule has 1 aromatic carbocycles. The summed E-state index contributed by atoms with van der Waals surface area (Å²) in [6.07, 6.45) is 1.30. The van der Waals surface area contributed by atoms with Gasteiger partial charge in [-0.1, -0.05) is 0 Å². The predicted molar refractivity (Wildman–Crippen MR) is 65.1 cm³/mol. The second-order valence-electron chi connectivity index (χ2n) is 3.55. The highest BCUT2D eigenvalue weighted by molar-refractivity contribution is 6.03. The Balaban J connectivity index is 2.05. The molecular weight excluding hydrogens is 234 g/mol. The van der Waals surface area contributed by atoms with Crippen LogP contribution in [0.3, 0.4) is 0 Å². The topological polar surface area (TPSA) is 99.8 Å². The average molecular weight is 245 g/mol. The molecule has 0 radical (unpaired) electrons. The van der Waals surface area contributed by atoms with Gasteiger partial charge in [-0.3, -0.25) is 14.9 Å². The zero-order chi connectivity index (χ0) is 13.0. The number of nitrogens with one attached hydrogen (secondary N) is 3. The van der Waals surface area contributed by atoms with Crippen molar-refractivity contribution >= 4 is 23.5 Å². The lowest BCUT2D eigenvalue weighted by Gasteiger charge is -2.04. The molecule has 92 valence electrons. The maximum atomic E-state index is 11.8. The minimum atomic E-state index is -0.305. The molecule has 3 N–H and O–H groups in total. The van der Waals surface area contributed by atoms with Crippen LogP contribution in [0, 0.1) is 0 Å². The molecule has 0 unspecified atom stereocenters. The molecule has 0 atom stereocenters. The van der Waals surface area contributed by atoms with E-state index in [1.54, 1.807) is 24.3 Å². The standard InChI is InChI=1S/C11H11N5O2/c1-7(17)14-9-4-2-8(3-5-9)10(18)15-11-12-6-13-16-11/h2-6H,1H3,(H,14,17)(H2,12,13,15,16,18). The van der Waals surface area contributed by atoms with Crippen LogP contribution in [0.2, 0.25) is 0 Å². The van der Waals surface area contributed by atoms with Crippen molar-refractivity contribution in [2.45, 2.75) is 6.92 Å². The fourth-order valence-electron chi connectivity index (χ4n) is 1.35. The van der Waals surface area contributed by atoms with Gasteiger partial charge in [0.2, 0.25) is 11.9 Å². The van der Waals surface area contributed by atoms with Gasteiger partial charge >= 0.3 is 0 Å². The van der Waals surface area contributed by atoms with Gasteiger partial charge in [0, 0.05) is 18.2 Å². The van der Waals surface area contributed by atoms with Crippen molar-refractivity contribution in [2.24, 2.45) is 0 Å². The molecule has 7 heteroatoms. The summed E-state index contributed by atoms with van der Waals surface area (Å²) in [5, 5.41) is 11.3. The number of carbonyl (C=O) groups excluding carboxylic acids is 2. The number of nitrogens with zero attached hydrogens (tertiary/aromatic N) is 2. The van der Waals surface area contributed by atoms with E-state index in [1.165, 1.54) is 13.3 Å². The Bertz CT molecular complexity index is 547. The van der Waals surface area contributed by atoms with E-state index in [2.05, 4.69) is 25.8 Å². The monoisotopic (exact) mass is 245 g/mol. The Hall–Kier alpha value is -2.70. The second-order valence-corrected chi connectivity index (χ2v) is 3.55. The molecule has 0 aliphatic rings. The van der Waals surface area contributed by atoms with Crippen LogP contribution in [0.5, 0.6) is 0 Å². The number of rotatable bonds is 3. The van der Waals surface area contributed by atoms with Crippen LogP contribution in [0.25, 0.3) is 0 Å². The van der Waals surface area contributed by atoms with Crippen molar-refractivity contribution in [2.75, 3.05) is 10.6 Å². The molecule has 0 aliphatic carbocycles. The Morgan fingerprint density at radius 2 is 1.89 bits per heavy atom. The van der Waals surface area contributed by atoms with Crippen molar-refractivity contribution in [3.05, 3.63) is 36.2 Å². The average Bonchev–Trinajstić information content (AvgIpc) is 2.82. The molecule has 7 nitrogen and oxygen atoms in total. The van der Waals surface area contributed by atoms with E-state index in [-0.39, 0.29) is 17.8 Å². The largest absolute Gasteiger partial charge is 0.326 e. The van der Waals surface area contributed by atoms with Crippen LogP contribution in [-0.2, 0) is 4.79 Å². The summed E-state index contributed by atoms with van der Waals surface area (Å²) in [5.41, 5.74) is 1.10. The van der Waals surface area contributed by atoms with Gasteiger partial charge < -0.3 is 5.32 Å².